The average molecular weight is 359 g/mol. The second-order valence-corrected chi connectivity index (χ2v) is 8.25. The van der Waals surface area contributed by atoms with Crippen molar-refractivity contribution >= 4 is 11.8 Å². The fraction of sp³-hybridized carbons (Fsp3) is 0.579. The number of nitrogens with zero attached hydrogens (tertiary/aromatic N) is 1. The molecule has 1 saturated heterocycles. The number of hydroxylamine groups is 3. The van der Waals surface area contributed by atoms with Gasteiger partial charge in [-0.25, -0.2) is 0 Å². The van der Waals surface area contributed by atoms with Crippen LogP contribution in [0.15, 0.2) is 12.1 Å². The quantitative estimate of drug-likeness (QED) is 0.348. The number of carbonyl (C=O) groups is 2. The van der Waals surface area contributed by atoms with Gasteiger partial charge in [-0.15, -0.1) is 0 Å². The highest BCUT2D eigenvalue weighted by molar-refractivity contribution is 5.90. The number of hydrogen-bond donors (Lipinski definition) is 1. The summed E-state index contributed by atoms with van der Waals surface area (Å²) < 4.78 is 10.8. The van der Waals surface area contributed by atoms with Crippen molar-refractivity contribution in [2.75, 3.05) is 13.6 Å². The number of Topliss-reactive ketones (excluding diaryl/α,β-unsaturated/α-hetero) is 1. The zero-order valence-electron chi connectivity index (χ0n) is 14.8. The summed E-state index contributed by atoms with van der Waals surface area (Å²) in [6.45, 7) is 1.63. The average Bonchev–Trinajstić information content (AvgIpc) is 2.92. The van der Waals surface area contributed by atoms with Gasteiger partial charge in [-0.3, -0.25) is 9.59 Å². The summed E-state index contributed by atoms with van der Waals surface area (Å²) in [4.78, 5) is 24.2. The zero-order chi connectivity index (χ0) is 18.5. The Bertz CT molecular complexity index is 864. The van der Waals surface area contributed by atoms with Crippen LogP contribution in [0.2, 0.25) is 0 Å². The maximum atomic E-state index is 13.1. The van der Waals surface area contributed by atoms with Gasteiger partial charge in [-0.05, 0) is 18.1 Å². The van der Waals surface area contributed by atoms with Crippen molar-refractivity contribution < 1.29 is 28.8 Å². The van der Waals surface area contributed by atoms with Crippen LogP contribution in [-0.4, -0.2) is 52.8 Å². The Morgan fingerprint density at radius 3 is 2.92 bits per heavy atom. The third-order valence-corrected chi connectivity index (χ3v) is 6.98. The monoisotopic (exact) mass is 359 g/mol. The summed E-state index contributed by atoms with van der Waals surface area (Å²) in [5.74, 6) is 0.128. The standard InChI is InChI=1S/C19H21NO6/c1-10(21)25-13-4-3-11-9-14-19(23)6-5-12(22)17-18(19,7-8-20(14,2)24)15(11)16(13)26-17/h3-4,14,17,23H,5-9H2,1-2H3/t14-,17+,18+,19-,20?/m1/s1. The van der Waals surface area contributed by atoms with Crippen LogP contribution in [0.3, 0.4) is 0 Å². The van der Waals surface area contributed by atoms with E-state index in [1.165, 1.54) is 6.92 Å². The van der Waals surface area contributed by atoms with E-state index in [0.29, 0.717) is 25.1 Å². The van der Waals surface area contributed by atoms with Gasteiger partial charge in [0.05, 0.1) is 19.0 Å². The first-order chi connectivity index (χ1) is 12.2. The molecular formula is C19H21NO6. The van der Waals surface area contributed by atoms with Gasteiger partial charge in [0.2, 0.25) is 0 Å². The molecule has 138 valence electrons. The van der Waals surface area contributed by atoms with Crippen LogP contribution in [0, 0.1) is 5.21 Å². The molecule has 5 atom stereocenters. The third kappa shape index (κ3) is 1.64. The van der Waals surface area contributed by atoms with Crippen molar-refractivity contribution in [2.45, 2.75) is 55.8 Å². The number of esters is 1. The first kappa shape index (κ1) is 16.2. The number of ketones is 1. The fourth-order valence-corrected chi connectivity index (χ4v) is 5.93. The maximum absolute atomic E-state index is 13.1. The Hall–Kier alpha value is -1.96. The number of ether oxygens (including phenoxy) is 2. The van der Waals surface area contributed by atoms with Crippen LogP contribution in [0.5, 0.6) is 11.5 Å². The zero-order valence-corrected chi connectivity index (χ0v) is 14.8. The topological polar surface area (TPSA) is 95.9 Å². The Labute approximate surface area is 150 Å². The number of carbonyl (C=O) groups excluding carboxylic acids is 2. The molecule has 5 rings (SSSR count). The molecule has 7 nitrogen and oxygen atoms in total. The largest absolute Gasteiger partial charge is 0.633 e. The van der Waals surface area contributed by atoms with Gasteiger partial charge in [0.15, 0.2) is 23.4 Å². The van der Waals surface area contributed by atoms with E-state index in [4.69, 9.17) is 9.47 Å². The van der Waals surface area contributed by atoms with E-state index < -0.39 is 33.8 Å². The number of aliphatic hydroxyl groups is 1. The molecule has 1 aromatic carbocycles. The highest BCUT2D eigenvalue weighted by atomic mass is 16.6. The first-order valence-electron chi connectivity index (χ1n) is 9.03. The Balaban J connectivity index is 1.81. The number of hydrogen-bond acceptors (Lipinski definition) is 6. The second-order valence-electron chi connectivity index (χ2n) is 8.25. The number of benzene rings is 1. The number of likely N-dealkylation sites (N-methyl/N-ethyl adjacent to an activating group) is 1. The summed E-state index contributed by atoms with van der Waals surface area (Å²) in [5.41, 5.74) is -0.544. The van der Waals surface area contributed by atoms with Crippen LogP contribution in [0.1, 0.15) is 37.3 Å². The Morgan fingerprint density at radius 1 is 1.42 bits per heavy atom. The molecule has 1 unspecified atom stereocenters. The molecule has 2 aliphatic carbocycles. The molecule has 1 saturated carbocycles. The molecule has 0 amide bonds. The Morgan fingerprint density at radius 2 is 2.19 bits per heavy atom. The normalized spacial score (nSPS) is 42.1. The van der Waals surface area contributed by atoms with E-state index in [1.807, 2.05) is 6.07 Å². The van der Waals surface area contributed by atoms with Crippen molar-refractivity contribution in [1.29, 1.82) is 0 Å². The minimum absolute atomic E-state index is 0.0618. The molecule has 2 aliphatic heterocycles. The van der Waals surface area contributed by atoms with E-state index in [0.717, 1.165) is 11.1 Å². The predicted molar refractivity (Wildman–Crippen MR) is 89.6 cm³/mol. The van der Waals surface area contributed by atoms with Crippen molar-refractivity contribution in [3.05, 3.63) is 28.5 Å². The van der Waals surface area contributed by atoms with Gasteiger partial charge in [0.25, 0.3) is 0 Å². The van der Waals surface area contributed by atoms with Crippen LogP contribution < -0.4 is 9.47 Å². The molecule has 0 aromatic heterocycles. The van der Waals surface area contributed by atoms with E-state index in [2.05, 4.69) is 0 Å². The summed E-state index contributed by atoms with van der Waals surface area (Å²) in [6.07, 6.45) is 0.426. The number of piperidine rings is 1. The van der Waals surface area contributed by atoms with Crippen molar-refractivity contribution in [3.63, 3.8) is 0 Å². The lowest BCUT2D eigenvalue weighted by Crippen LogP contribution is -2.79. The van der Waals surface area contributed by atoms with Gasteiger partial charge >= 0.3 is 5.97 Å². The number of quaternary nitrogens is 1. The molecule has 1 spiro atoms. The molecule has 1 N–H and O–H groups in total. The molecule has 1 aromatic rings. The highest BCUT2D eigenvalue weighted by Gasteiger charge is 2.75. The SMILES string of the molecule is CC(=O)Oc1ccc2c3c1O[C@H]1C(=O)CC[C@@]4(O)[C@@H](C2)[N+](C)([O-])CC[C@]314. The Kier molecular flexibility index (Phi) is 2.91. The minimum Gasteiger partial charge on any atom is -0.633 e. The molecule has 0 radical (unpaired) electrons. The molecular weight excluding hydrogens is 338 g/mol. The smallest absolute Gasteiger partial charge is 0.308 e. The van der Waals surface area contributed by atoms with Crippen LogP contribution in [0.25, 0.3) is 0 Å². The molecule has 4 aliphatic rings. The van der Waals surface area contributed by atoms with Crippen molar-refractivity contribution in [2.24, 2.45) is 0 Å². The number of rotatable bonds is 1. The summed E-state index contributed by atoms with van der Waals surface area (Å²) in [7, 11) is 1.61. The summed E-state index contributed by atoms with van der Waals surface area (Å²) in [6, 6.07) is 2.96. The predicted octanol–water partition coefficient (Wildman–Crippen LogP) is 0.978. The molecule has 2 heterocycles. The summed E-state index contributed by atoms with van der Waals surface area (Å²) >= 11 is 0. The van der Waals surface area contributed by atoms with Crippen molar-refractivity contribution in [3.8, 4) is 11.5 Å². The minimum atomic E-state index is -1.30. The third-order valence-electron chi connectivity index (χ3n) is 6.98. The first-order valence-corrected chi connectivity index (χ1v) is 9.03. The maximum Gasteiger partial charge on any atom is 0.308 e. The van der Waals surface area contributed by atoms with Gasteiger partial charge in [0.1, 0.15) is 11.6 Å². The van der Waals surface area contributed by atoms with Crippen LogP contribution in [0.4, 0.5) is 0 Å². The lowest BCUT2D eigenvalue weighted by Gasteiger charge is -2.65. The van der Waals surface area contributed by atoms with Crippen molar-refractivity contribution in [1.82, 2.24) is 0 Å². The molecule has 7 heteroatoms. The second kappa shape index (κ2) is 4.65. The lowest BCUT2D eigenvalue weighted by molar-refractivity contribution is -0.904. The molecule has 2 fully saturated rings. The highest BCUT2D eigenvalue weighted by Crippen LogP contribution is 2.65. The summed E-state index contributed by atoms with van der Waals surface area (Å²) in [5, 5.41) is 24.9. The number of likely N-dealkylation sites (tertiary alicyclic amines) is 1. The van der Waals surface area contributed by atoms with Crippen LogP contribution in [-0.2, 0) is 21.4 Å². The van der Waals surface area contributed by atoms with Gasteiger partial charge in [-0.1, -0.05) is 6.07 Å². The van der Waals surface area contributed by atoms with E-state index in [1.54, 1.807) is 13.1 Å². The van der Waals surface area contributed by atoms with E-state index in [-0.39, 0.29) is 24.4 Å². The van der Waals surface area contributed by atoms with E-state index >= 15 is 0 Å². The van der Waals surface area contributed by atoms with Gasteiger partial charge < -0.3 is 24.4 Å². The fourth-order valence-electron chi connectivity index (χ4n) is 5.93. The van der Waals surface area contributed by atoms with Gasteiger partial charge in [-0.2, -0.15) is 0 Å². The molecule has 2 bridgehead atoms. The molecule has 26 heavy (non-hydrogen) atoms. The van der Waals surface area contributed by atoms with Crippen LogP contribution >= 0.6 is 0 Å². The lowest BCUT2D eigenvalue weighted by atomic mass is 9.49. The van der Waals surface area contributed by atoms with E-state index in [9.17, 15) is 19.9 Å². The van der Waals surface area contributed by atoms with Gasteiger partial charge in [0, 0.05) is 31.7 Å².